The normalized spacial score (nSPS) is 13.0. The van der Waals surface area contributed by atoms with Crippen molar-refractivity contribution >= 4 is 142 Å². The molecule has 18 rings (SSSR count). The maximum absolute atomic E-state index is 12.7. The molecule has 8 aromatic carbocycles. The van der Waals surface area contributed by atoms with E-state index in [1.54, 1.807) is 124 Å². The number of methoxy groups -OCH3 is 2. The van der Waals surface area contributed by atoms with Gasteiger partial charge in [0.25, 0.3) is 35.4 Å². The van der Waals surface area contributed by atoms with Crippen LogP contribution in [0.15, 0.2) is 234 Å². The molecule has 10 N–H and O–H groups in total. The van der Waals surface area contributed by atoms with Gasteiger partial charge in [0, 0.05) is 127 Å². The molecular weight excluding hydrogens is 1670 g/mol. The minimum Gasteiger partial charge on any atom is -0.493 e. The summed E-state index contributed by atoms with van der Waals surface area (Å²) in [4.78, 5) is 86.8. The number of nitrogens with zero attached hydrogens (tertiary/aromatic N) is 8. The molecule has 17 aromatic rings. The monoisotopic (exact) mass is 1750 g/mol. The Morgan fingerprint density at radius 1 is 0.431 bits per heavy atom. The molecule has 0 saturated heterocycles. The number of rotatable bonds is 20. The third kappa shape index (κ3) is 20.8. The first kappa shape index (κ1) is 86.0. The number of amides is 5. The summed E-state index contributed by atoms with van der Waals surface area (Å²) in [5.41, 5.74) is 11.3. The third-order valence-corrected chi connectivity index (χ3v) is 21.8. The van der Waals surface area contributed by atoms with E-state index in [9.17, 15) is 24.0 Å². The van der Waals surface area contributed by atoms with Crippen LogP contribution in [0.3, 0.4) is 0 Å². The fourth-order valence-electron chi connectivity index (χ4n) is 13.7. The molecule has 0 aliphatic heterocycles. The van der Waals surface area contributed by atoms with E-state index < -0.39 is 12.1 Å². The summed E-state index contributed by atoms with van der Waals surface area (Å²) >= 11 is 29.9. The molecule has 9 heterocycles. The van der Waals surface area contributed by atoms with Gasteiger partial charge in [0.1, 0.15) is 34.5 Å². The molecular formula is C91H85Cl5N18O9. The van der Waals surface area contributed by atoms with Crippen LogP contribution in [0, 0.1) is 0 Å². The van der Waals surface area contributed by atoms with E-state index in [0.29, 0.717) is 94.2 Å². The lowest BCUT2D eigenvalue weighted by Crippen LogP contribution is -2.50. The van der Waals surface area contributed by atoms with Crippen LogP contribution in [0.4, 0.5) is 0 Å². The van der Waals surface area contributed by atoms with Crippen LogP contribution >= 0.6 is 58.0 Å². The molecule has 628 valence electrons. The van der Waals surface area contributed by atoms with E-state index >= 15 is 0 Å². The predicted octanol–water partition coefficient (Wildman–Crippen LogP) is 20.5. The van der Waals surface area contributed by atoms with Crippen molar-refractivity contribution in [2.24, 2.45) is 7.05 Å². The van der Waals surface area contributed by atoms with Gasteiger partial charge < -0.3 is 70.0 Å². The van der Waals surface area contributed by atoms with E-state index in [4.69, 9.17) is 76.5 Å². The minimum absolute atomic E-state index is 0.0686. The van der Waals surface area contributed by atoms with Gasteiger partial charge in [-0.1, -0.05) is 117 Å². The summed E-state index contributed by atoms with van der Waals surface area (Å²) in [5, 5.41) is 39.0. The average molecular weight is 1750 g/mol. The fourth-order valence-corrected chi connectivity index (χ4v) is 14.6. The Hall–Kier alpha value is -13.4. The predicted molar refractivity (Wildman–Crippen MR) is 478 cm³/mol. The van der Waals surface area contributed by atoms with Gasteiger partial charge in [0.15, 0.2) is 17.3 Å². The van der Waals surface area contributed by atoms with Crippen LogP contribution in [-0.2, 0) is 12.6 Å². The molecule has 9 aromatic heterocycles. The first-order valence-corrected chi connectivity index (χ1v) is 41.1. The molecule has 1 aliphatic carbocycles. The number of halogens is 5. The number of aryl methyl sites for hydroxylation is 1. The van der Waals surface area contributed by atoms with Gasteiger partial charge in [0.05, 0.1) is 50.3 Å². The molecule has 32 heteroatoms. The molecule has 27 nitrogen and oxygen atoms in total. The van der Waals surface area contributed by atoms with E-state index in [0.717, 1.165) is 90.5 Å². The van der Waals surface area contributed by atoms with E-state index in [1.165, 1.54) is 5.56 Å². The van der Waals surface area contributed by atoms with Gasteiger partial charge >= 0.3 is 0 Å². The quantitative estimate of drug-likeness (QED) is 0.0339. The SMILES string of the molecule is CC(NC(=O)c1cc2cc(Cl)ccc2[nH]1)c1cnn(C(C)C)c1.CC(NC(=O)c1cc2cc(Cl)ccc2[nH]1)c1cnn(C)c1.CC(NC(=O)c1cc2cc(Cl)ccc2[nH]1)c1noc(-c2ccccc2)n1.COc1ccc(-c2noc(C(C)NC(=O)c3cc4cc(Cl)ccc4[nH]3)n2)cc1OC.O=C(NC1(c2ccccc2)CCC1)c1cc2cc(Cl)ccc2[nH]1. The van der Waals surface area contributed by atoms with Gasteiger partial charge in [-0.2, -0.15) is 20.2 Å². The summed E-state index contributed by atoms with van der Waals surface area (Å²) in [7, 11) is 4.97. The molecule has 0 radical (unpaired) electrons. The van der Waals surface area contributed by atoms with Crippen molar-refractivity contribution in [3.8, 4) is 34.3 Å². The van der Waals surface area contributed by atoms with Gasteiger partial charge in [-0.25, -0.2) is 0 Å². The highest BCUT2D eigenvalue weighted by molar-refractivity contribution is 6.33. The van der Waals surface area contributed by atoms with Crippen LogP contribution in [-0.4, -0.2) is 109 Å². The van der Waals surface area contributed by atoms with E-state index in [2.05, 4.69) is 108 Å². The molecule has 1 fully saturated rings. The molecule has 4 atom stereocenters. The number of nitrogens with one attached hydrogen (secondary N) is 10. The second kappa shape index (κ2) is 38.1. The van der Waals surface area contributed by atoms with Gasteiger partial charge in [-0.15, -0.1) is 0 Å². The number of aromatic nitrogens is 13. The fraction of sp³-hybridized carbons (Fsp3) is 0.198. The molecule has 123 heavy (non-hydrogen) atoms. The molecule has 1 aliphatic rings. The lowest BCUT2D eigenvalue weighted by molar-refractivity contribution is 0.0817. The average Bonchev–Trinajstić information content (AvgIpc) is 1.36. The Morgan fingerprint density at radius 2 is 0.846 bits per heavy atom. The number of aromatic amines is 5. The Labute approximate surface area is 730 Å². The van der Waals surface area contributed by atoms with Crippen molar-refractivity contribution in [1.29, 1.82) is 0 Å². The van der Waals surface area contributed by atoms with Crippen LogP contribution in [0.1, 0.15) is 172 Å². The van der Waals surface area contributed by atoms with Gasteiger partial charge in [0.2, 0.25) is 11.7 Å². The highest BCUT2D eigenvalue weighted by Crippen LogP contribution is 2.42. The maximum Gasteiger partial charge on any atom is 0.268 e. The highest BCUT2D eigenvalue weighted by atomic mass is 35.5. The summed E-state index contributed by atoms with van der Waals surface area (Å²) in [6, 6.07) is 60.5. The lowest BCUT2D eigenvalue weighted by atomic mass is 9.71. The number of H-pyrrole nitrogens is 5. The zero-order chi connectivity index (χ0) is 86.8. The van der Waals surface area contributed by atoms with Crippen molar-refractivity contribution in [3.63, 3.8) is 0 Å². The summed E-state index contributed by atoms with van der Waals surface area (Å²) in [6.45, 7) is 11.6. The molecule has 1 saturated carbocycles. The number of carbonyl (C=O) groups is 5. The Bertz CT molecular complexity index is 6630. The minimum atomic E-state index is -0.492. The number of ether oxygens (including phenoxy) is 2. The van der Waals surface area contributed by atoms with Crippen molar-refractivity contribution in [3.05, 3.63) is 307 Å². The smallest absolute Gasteiger partial charge is 0.268 e. The number of hydrogen-bond acceptors (Lipinski definition) is 15. The molecule has 0 spiro atoms. The number of hydrogen-bond donors (Lipinski definition) is 10. The second-order valence-corrected chi connectivity index (χ2v) is 31.9. The van der Waals surface area contributed by atoms with Crippen LogP contribution in [0.5, 0.6) is 11.5 Å². The second-order valence-electron chi connectivity index (χ2n) is 29.8. The summed E-state index contributed by atoms with van der Waals surface area (Å²) in [6.07, 6.45) is 10.5. The van der Waals surface area contributed by atoms with E-state index in [1.807, 2.05) is 147 Å². The zero-order valence-corrected chi connectivity index (χ0v) is 71.8. The third-order valence-electron chi connectivity index (χ3n) is 20.6. The Balaban J connectivity index is 0.000000126. The maximum atomic E-state index is 12.7. The van der Waals surface area contributed by atoms with Crippen molar-refractivity contribution in [2.45, 2.75) is 96.6 Å². The number of fused-ring (bicyclic) bond motifs is 5. The molecule has 0 bridgehead atoms. The first-order valence-electron chi connectivity index (χ1n) is 39.2. The topological polar surface area (TPSA) is 356 Å². The first-order chi connectivity index (χ1) is 59.2. The number of benzene rings is 8. The standard InChI is InChI=1S/C21H19ClN4O4.C19H15ClN4O2.C19H17ClN2O.C17H19ClN4O.C15H15ClN4O/c1-11(23-20(27)16-9-13-8-14(22)5-6-15(13)24-16)21-25-19(26-30-21)12-4-7-17(28-2)18(10-12)29-3;1-11(17-23-19(26-24-17)12-5-3-2-4-6-12)21-18(25)16-10-13-9-14(20)7-8-15(13)22-16;20-15-7-8-16-13(11-15)12-17(21-16)18(23)22-19(9-4-10-19)14-5-2-1-3-6-14;1-10(2)22-9-13(8-19-22)11(3)20-17(23)16-7-12-6-14(18)4-5-15(12)21-16;1-9(11-7-17-20(2)8-11)18-15(21)14-6-10-5-12(16)3-4-13(10)19-14/h4-11,24H,1-3H3,(H,23,27);2-11,22H,1H3,(H,21,25);1-3,5-8,11-12,21H,4,9-10H2,(H,22,23);4-11,21H,1-3H3,(H,20,23);3-9,19H,1-2H3,(H,18,21). The molecule has 4 unspecified atom stereocenters. The van der Waals surface area contributed by atoms with Crippen molar-refractivity contribution < 1.29 is 42.5 Å². The van der Waals surface area contributed by atoms with E-state index in [-0.39, 0.29) is 53.0 Å². The number of carbonyl (C=O) groups excluding carboxylic acids is 5. The molecule has 5 amide bonds. The van der Waals surface area contributed by atoms with Crippen LogP contribution in [0.25, 0.3) is 77.4 Å². The van der Waals surface area contributed by atoms with Crippen LogP contribution < -0.4 is 36.1 Å². The zero-order valence-electron chi connectivity index (χ0n) is 68.0. The summed E-state index contributed by atoms with van der Waals surface area (Å²) in [5.74, 6) is 1.74. The lowest BCUT2D eigenvalue weighted by Gasteiger charge is -2.43. The summed E-state index contributed by atoms with van der Waals surface area (Å²) < 4.78 is 24.8. The van der Waals surface area contributed by atoms with Gasteiger partial charge in [-0.05, 0) is 218 Å². The Morgan fingerprint density at radius 3 is 1.25 bits per heavy atom. The highest BCUT2D eigenvalue weighted by Gasteiger charge is 2.40. The van der Waals surface area contributed by atoms with Gasteiger partial charge in [-0.3, -0.25) is 33.3 Å². The van der Waals surface area contributed by atoms with Crippen molar-refractivity contribution in [1.82, 2.24) is 91.3 Å². The Kier molecular flexibility index (Phi) is 26.6. The largest absolute Gasteiger partial charge is 0.493 e. The van der Waals surface area contributed by atoms with Crippen LogP contribution in [0.2, 0.25) is 25.1 Å². The van der Waals surface area contributed by atoms with Crippen molar-refractivity contribution in [2.75, 3.05) is 14.2 Å².